The molecule has 0 aliphatic carbocycles. The summed E-state index contributed by atoms with van der Waals surface area (Å²) in [4.78, 5) is 28.9. The van der Waals surface area contributed by atoms with Crippen LogP contribution in [0.4, 0.5) is 18.9 Å². The van der Waals surface area contributed by atoms with Gasteiger partial charge in [0.15, 0.2) is 0 Å². The average molecular weight is 693 g/mol. The van der Waals surface area contributed by atoms with Crippen LogP contribution in [0.1, 0.15) is 30.5 Å². The van der Waals surface area contributed by atoms with Crippen molar-refractivity contribution in [3.05, 3.63) is 98.5 Å². The van der Waals surface area contributed by atoms with Crippen LogP contribution in [0.15, 0.2) is 66.7 Å². The monoisotopic (exact) mass is 691 g/mol. The van der Waals surface area contributed by atoms with Gasteiger partial charge >= 0.3 is 6.18 Å². The Morgan fingerprint density at radius 1 is 0.909 bits per heavy atom. The molecule has 0 heterocycles. The third-order valence-electron chi connectivity index (χ3n) is 6.57. The van der Waals surface area contributed by atoms with Gasteiger partial charge in [-0.05, 0) is 41.8 Å². The van der Waals surface area contributed by atoms with Gasteiger partial charge in [-0.15, -0.1) is 0 Å². The van der Waals surface area contributed by atoms with Crippen molar-refractivity contribution in [3.63, 3.8) is 0 Å². The first-order valence-electron chi connectivity index (χ1n) is 13.4. The van der Waals surface area contributed by atoms with Crippen LogP contribution in [-0.2, 0) is 38.8 Å². The number of nitrogens with one attached hydrogen (secondary N) is 1. The predicted molar refractivity (Wildman–Crippen MR) is 167 cm³/mol. The van der Waals surface area contributed by atoms with Crippen LogP contribution in [0.3, 0.4) is 0 Å². The smallest absolute Gasteiger partial charge is 0.354 e. The number of alkyl halides is 3. The third kappa shape index (κ3) is 9.50. The fourth-order valence-electron chi connectivity index (χ4n) is 4.33. The molecule has 0 aromatic heterocycles. The van der Waals surface area contributed by atoms with Gasteiger partial charge in [0.25, 0.3) is 0 Å². The number of anilines is 1. The van der Waals surface area contributed by atoms with Crippen molar-refractivity contribution in [2.45, 2.75) is 39.0 Å². The van der Waals surface area contributed by atoms with Crippen molar-refractivity contribution in [2.75, 3.05) is 23.7 Å². The van der Waals surface area contributed by atoms with E-state index in [9.17, 15) is 31.2 Å². The van der Waals surface area contributed by atoms with E-state index in [1.165, 1.54) is 0 Å². The van der Waals surface area contributed by atoms with Gasteiger partial charge in [-0.2, -0.15) is 13.2 Å². The van der Waals surface area contributed by atoms with Gasteiger partial charge in [-0.25, -0.2) is 8.42 Å². The summed E-state index contributed by atoms with van der Waals surface area (Å²) in [5, 5.41) is 2.59. The lowest BCUT2D eigenvalue weighted by atomic mass is 10.0. The van der Waals surface area contributed by atoms with Crippen LogP contribution in [0.25, 0.3) is 0 Å². The third-order valence-corrected chi connectivity index (χ3v) is 8.75. The molecule has 0 aliphatic heterocycles. The van der Waals surface area contributed by atoms with Gasteiger partial charge in [-0.1, -0.05) is 85.0 Å². The molecule has 238 valence electrons. The van der Waals surface area contributed by atoms with Crippen molar-refractivity contribution in [1.82, 2.24) is 10.2 Å². The van der Waals surface area contributed by atoms with Gasteiger partial charge in [0, 0.05) is 35.1 Å². The molecule has 0 bridgehead atoms. The van der Waals surface area contributed by atoms with Gasteiger partial charge in [0.2, 0.25) is 21.8 Å². The summed E-state index contributed by atoms with van der Waals surface area (Å²) < 4.78 is 67.2. The molecule has 0 saturated carbocycles. The zero-order valence-corrected chi connectivity index (χ0v) is 27.1. The average Bonchev–Trinajstić information content (AvgIpc) is 2.93. The second-order valence-electron chi connectivity index (χ2n) is 10.5. The van der Waals surface area contributed by atoms with E-state index in [0.29, 0.717) is 28.0 Å². The Labute approximate surface area is 269 Å². The maximum Gasteiger partial charge on any atom is 0.417 e. The predicted octanol–water partition coefficient (Wildman–Crippen LogP) is 6.84. The summed E-state index contributed by atoms with van der Waals surface area (Å²) >= 11 is 18.6. The molecular weight excluding hydrogens is 662 g/mol. The summed E-state index contributed by atoms with van der Waals surface area (Å²) in [7, 11) is -4.31. The van der Waals surface area contributed by atoms with Crippen LogP contribution >= 0.6 is 34.8 Å². The number of carbonyl (C=O) groups excluding carboxylic acids is 2. The molecule has 1 N–H and O–H groups in total. The van der Waals surface area contributed by atoms with Crippen LogP contribution in [-0.4, -0.2) is 50.5 Å². The van der Waals surface area contributed by atoms with Crippen LogP contribution in [0.2, 0.25) is 15.1 Å². The van der Waals surface area contributed by atoms with Crippen LogP contribution in [0.5, 0.6) is 0 Å². The molecular formula is C30H31Cl3F3N3O4S. The zero-order valence-electron chi connectivity index (χ0n) is 24.0. The van der Waals surface area contributed by atoms with Crippen molar-refractivity contribution in [1.29, 1.82) is 0 Å². The molecule has 0 fully saturated rings. The largest absolute Gasteiger partial charge is 0.417 e. The standard InChI is InChI=1S/C30H31Cl3F3N3O4S/c1-19(2)16-37-29(41)27(14-20-8-5-4-6-9-20)38(17-22-24(31)10-7-11-25(22)32)28(40)18-39(44(3,42)43)21-12-13-26(33)23(15-21)30(34,35)36/h4-13,15,19,27H,14,16-18H2,1-3H3,(H,37,41). The Morgan fingerprint density at radius 3 is 2.07 bits per heavy atom. The molecule has 7 nitrogen and oxygen atoms in total. The number of nitrogens with zero attached hydrogens (tertiary/aromatic N) is 2. The minimum Gasteiger partial charge on any atom is -0.354 e. The first-order valence-corrected chi connectivity index (χ1v) is 16.4. The first kappa shape index (κ1) is 35.5. The van der Waals surface area contributed by atoms with Gasteiger partial charge in [0.1, 0.15) is 12.6 Å². The molecule has 14 heteroatoms. The number of amides is 2. The minimum atomic E-state index is -4.89. The second-order valence-corrected chi connectivity index (χ2v) is 13.6. The maximum absolute atomic E-state index is 14.1. The quantitative estimate of drug-likeness (QED) is 0.225. The van der Waals surface area contributed by atoms with E-state index in [1.54, 1.807) is 48.5 Å². The Bertz CT molecular complexity index is 1570. The zero-order chi connectivity index (χ0) is 32.8. The molecule has 0 saturated heterocycles. The lowest BCUT2D eigenvalue weighted by Gasteiger charge is -2.34. The highest BCUT2D eigenvalue weighted by molar-refractivity contribution is 7.92. The van der Waals surface area contributed by atoms with E-state index in [0.717, 1.165) is 23.3 Å². The van der Waals surface area contributed by atoms with Crippen molar-refractivity contribution >= 4 is 62.3 Å². The molecule has 0 aliphatic rings. The molecule has 0 spiro atoms. The van der Waals surface area contributed by atoms with E-state index in [2.05, 4.69) is 5.32 Å². The summed E-state index contributed by atoms with van der Waals surface area (Å²) in [6.45, 7) is 2.85. The molecule has 44 heavy (non-hydrogen) atoms. The Morgan fingerprint density at radius 2 is 1.52 bits per heavy atom. The number of hydrogen-bond acceptors (Lipinski definition) is 4. The highest BCUT2D eigenvalue weighted by Crippen LogP contribution is 2.37. The van der Waals surface area contributed by atoms with E-state index < -0.39 is 56.9 Å². The molecule has 2 amide bonds. The Hall–Kier alpha value is -2.99. The molecule has 1 unspecified atom stereocenters. The molecule has 1 atom stereocenters. The van der Waals surface area contributed by atoms with Crippen molar-refractivity contribution in [3.8, 4) is 0 Å². The fourth-order valence-corrected chi connectivity index (χ4v) is 5.91. The molecule has 3 aromatic rings. The van der Waals surface area contributed by atoms with Crippen LogP contribution in [0, 0.1) is 5.92 Å². The number of rotatable bonds is 12. The molecule has 3 rings (SSSR count). The van der Waals surface area contributed by atoms with Crippen LogP contribution < -0.4 is 9.62 Å². The fraction of sp³-hybridized carbons (Fsp3) is 0.333. The number of hydrogen-bond donors (Lipinski definition) is 1. The summed E-state index contributed by atoms with van der Waals surface area (Å²) in [5.74, 6) is -1.32. The normalized spacial score (nSPS) is 12.6. The summed E-state index contributed by atoms with van der Waals surface area (Å²) in [6, 6.07) is 14.9. The van der Waals surface area contributed by atoms with Crippen molar-refractivity contribution < 1.29 is 31.2 Å². The molecule has 0 radical (unpaired) electrons. The lowest BCUT2D eigenvalue weighted by Crippen LogP contribution is -2.53. The number of benzene rings is 3. The number of sulfonamides is 1. The van der Waals surface area contributed by atoms with Gasteiger partial charge in [0.05, 0.1) is 22.5 Å². The number of halogens is 6. The highest BCUT2D eigenvalue weighted by Gasteiger charge is 2.36. The Kier molecular flexibility index (Phi) is 12.0. The van der Waals surface area contributed by atoms with E-state index >= 15 is 0 Å². The SMILES string of the molecule is CC(C)CNC(=O)C(Cc1ccccc1)N(Cc1c(Cl)cccc1Cl)C(=O)CN(c1ccc(Cl)c(C(F)(F)F)c1)S(C)(=O)=O. The van der Waals surface area contributed by atoms with E-state index in [4.69, 9.17) is 34.8 Å². The van der Waals surface area contributed by atoms with Crippen molar-refractivity contribution in [2.24, 2.45) is 5.92 Å². The highest BCUT2D eigenvalue weighted by atomic mass is 35.5. The molecule has 3 aromatic carbocycles. The Balaban J connectivity index is 2.14. The first-order chi connectivity index (χ1) is 20.5. The maximum atomic E-state index is 14.1. The second kappa shape index (κ2) is 14.9. The topological polar surface area (TPSA) is 86.8 Å². The van der Waals surface area contributed by atoms with Gasteiger partial charge < -0.3 is 10.2 Å². The van der Waals surface area contributed by atoms with E-state index in [-0.39, 0.29) is 28.9 Å². The lowest BCUT2D eigenvalue weighted by molar-refractivity contribution is -0.140. The summed E-state index contributed by atoms with van der Waals surface area (Å²) in [5.41, 5.74) is -0.701. The van der Waals surface area contributed by atoms with Gasteiger partial charge in [-0.3, -0.25) is 13.9 Å². The van der Waals surface area contributed by atoms with E-state index in [1.807, 2.05) is 13.8 Å². The minimum absolute atomic E-state index is 0.0383. The summed E-state index contributed by atoms with van der Waals surface area (Å²) in [6.07, 6.45) is -4.09. The number of carbonyl (C=O) groups is 2.